The summed E-state index contributed by atoms with van der Waals surface area (Å²) in [7, 11) is 3.10. The van der Waals surface area contributed by atoms with Crippen LogP contribution in [0.4, 0.5) is 11.4 Å². The topological polar surface area (TPSA) is 80.8 Å². The molecule has 0 aliphatic carbocycles. The number of carbonyl (C=O) groups is 2. The van der Waals surface area contributed by atoms with Crippen molar-refractivity contribution in [2.75, 3.05) is 31.0 Å². The number of methoxy groups -OCH3 is 2. The number of aromatic nitrogens is 1. The first-order valence-corrected chi connectivity index (χ1v) is 9.27. The summed E-state index contributed by atoms with van der Waals surface area (Å²) in [5.74, 6) is 0.371. The quantitative estimate of drug-likeness (QED) is 0.722. The third-order valence-corrected chi connectivity index (χ3v) is 5.07. The molecule has 1 atom stereocenters. The lowest BCUT2D eigenvalue weighted by molar-refractivity contribution is -0.122. The van der Waals surface area contributed by atoms with Gasteiger partial charge in [0.25, 0.3) is 0 Å². The molecular formula is C22H21N3O4. The predicted octanol–water partition coefficient (Wildman–Crippen LogP) is 3.24. The van der Waals surface area contributed by atoms with Gasteiger partial charge in [-0.2, -0.15) is 0 Å². The number of ether oxygens (including phenoxy) is 2. The molecule has 29 heavy (non-hydrogen) atoms. The molecule has 0 bridgehead atoms. The van der Waals surface area contributed by atoms with Gasteiger partial charge in [0.1, 0.15) is 0 Å². The molecule has 7 nitrogen and oxygen atoms in total. The number of fused-ring (bicyclic) bond motifs is 1. The predicted molar refractivity (Wildman–Crippen MR) is 110 cm³/mol. The monoisotopic (exact) mass is 391 g/mol. The first kappa shape index (κ1) is 18.7. The van der Waals surface area contributed by atoms with Crippen LogP contribution in [0.2, 0.25) is 0 Å². The number of para-hydroxylation sites is 1. The van der Waals surface area contributed by atoms with Crippen LogP contribution < -0.4 is 19.7 Å². The number of amides is 2. The zero-order valence-corrected chi connectivity index (χ0v) is 16.2. The zero-order valence-electron chi connectivity index (χ0n) is 16.2. The second-order valence-electron chi connectivity index (χ2n) is 6.81. The van der Waals surface area contributed by atoms with Crippen molar-refractivity contribution in [3.8, 4) is 11.5 Å². The third kappa shape index (κ3) is 3.59. The smallest absolute Gasteiger partial charge is 0.229 e. The van der Waals surface area contributed by atoms with Crippen molar-refractivity contribution >= 4 is 34.1 Å². The highest BCUT2D eigenvalue weighted by molar-refractivity contribution is 6.06. The van der Waals surface area contributed by atoms with Crippen molar-refractivity contribution < 1.29 is 19.1 Å². The minimum Gasteiger partial charge on any atom is -0.493 e. The number of rotatable bonds is 5. The number of nitrogens with one attached hydrogen (secondary N) is 1. The standard InChI is InChI=1S/C22H21N3O4/c1-28-18-9-8-16(12-19(18)29-2)25-13-15(11-20(25)26)22(27)24-17-7-3-5-14-6-4-10-23-21(14)17/h3-10,12,15H,11,13H2,1-2H3,(H,24,27). The van der Waals surface area contributed by atoms with Gasteiger partial charge in [-0.15, -0.1) is 0 Å². The van der Waals surface area contributed by atoms with E-state index < -0.39 is 5.92 Å². The molecule has 1 fully saturated rings. The fourth-order valence-electron chi connectivity index (χ4n) is 3.57. The molecule has 0 radical (unpaired) electrons. The van der Waals surface area contributed by atoms with Crippen molar-refractivity contribution in [1.82, 2.24) is 4.98 Å². The highest BCUT2D eigenvalue weighted by Gasteiger charge is 2.35. The van der Waals surface area contributed by atoms with Gasteiger partial charge in [0, 0.05) is 36.3 Å². The Bertz CT molecular complexity index is 1080. The molecule has 1 aliphatic heterocycles. The van der Waals surface area contributed by atoms with Crippen LogP contribution in [0.5, 0.6) is 11.5 Å². The fourth-order valence-corrected chi connectivity index (χ4v) is 3.57. The average molecular weight is 391 g/mol. The summed E-state index contributed by atoms with van der Waals surface area (Å²) in [6, 6.07) is 14.7. The van der Waals surface area contributed by atoms with E-state index in [1.807, 2.05) is 30.3 Å². The first-order valence-electron chi connectivity index (χ1n) is 9.27. The average Bonchev–Trinajstić information content (AvgIpc) is 3.15. The lowest BCUT2D eigenvalue weighted by Gasteiger charge is -2.18. The van der Waals surface area contributed by atoms with E-state index in [4.69, 9.17) is 9.47 Å². The summed E-state index contributed by atoms with van der Waals surface area (Å²) in [6.45, 7) is 0.304. The Kier molecular flexibility index (Phi) is 5.03. The van der Waals surface area contributed by atoms with Gasteiger partial charge < -0.3 is 19.7 Å². The largest absolute Gasteiger partial charge is 0.493 e. The number of hydrogen-bond donors (Lipinski definition) is 1. The molecule has 1 saturated heterocycles. The van der Waals surface area contributed by atoms with E-state index in [2.05, 4.69) is 10.3 Å². The van der Waals surface area contributed by atoms with Crippen molar-refractivity contribution in [3.05, 3.63) is 54.7 Å². The summed E-state index contributed by atoms with van der Waals surface area (Å²) in [4.78, 5) is 31.4. The van der Waals surface area contributed by atoms with E-state index in [1.165, 1.54) is 0 Å². The second kappa shape index (κ2) is 7.79. The number of nitrogens with zero attached hydrogens (tertiary/aromatic N) is 2. The Morgan fingerprint density at radius 1 is 1.10 bits per heavy atom. The molecule has 0 saturated carbocycles. The molecule has 2 aromatic carbocycles. The van der Waals surface area contributed by atoms with Crippen LogP contribution in [0.1, 0.15) is 6.42 Å². The number of hydrogen-bond acceptors (Lipinski definition) is 5. The van der Waals surface area contributed by atoms with Gasteiger partial charge in [-0.3, -0.25) is 14.6 Å². The molecule has 1 unspecified atom stereocenters. The summed E-state index contributed by atoms with van der Waals surface area (Å²) < 4.78 is 10.6. The maximum Gasteiger partial charge on any atom is 0.229 e. The molecule has 7 heteroatoms. The molecule has 4 rings (SSSR count). The van der Waals surface area contributed by atoms with Crippen molar-refractivity contribution in [2.45, 2.75) is 6.42 Å². The molecular weight excluding hydrogens is 370 g/mol. The SMILES string of the molecule is COc1ccc(N2CC(C(=O)Nc3cccc4cccnc34)CC2=O)cc1OC. The van der Waals surface area contributed by atoms with Crippen LogP contribution in [-0.4, -0.2) is 37.6 Å². The van der Waals surface area contributed by atoms with Crippen LogP contribution >= 0.6 is 0 Å². The van der Waals surface area contributed by atoms with E-state index in [0.717, 1.165) is 10.9 Å². The molecule has 0 spiro atoms. The Morgan fingerprint density at radius 2 is 1.90 bits per heavy atom. The van der Waals surface area contributed by atoms with Gasteiger partial charge in [0.2, 0.25) is 11.8 Å². The second-order valence-corrected chi connectivity index (χ2v) is 6.81. The van der Waals surface area contributed by atoms with Gasteiger partial charge in [0.15, 0.2) is 11.5 Å². The summed E-state index contributed by atoms with van der Waals surface area (Å²) in [5, 5.41) is 3.88. The molecule has 1 aromatic heterocycles. The number of benzene rings is 2. The van der Waals surface area contributed by atoms with Gasteiger partial charge in [-0.05, 0) is 24.3 Å². The molecule has 3 aromatic rings. The Balaban J connectivity index is 1.52. The van der Waals surface area contributed by atoms with Crippen LogP contribution in [0, 0.1) is 5.92 Å². The van der Waals surface area contributed by atoms with E-state index in [1.54, 1.807) is 43.5 Å². The summed E-state index contributed by atoms with van der Waals surface area (Å²) >= 11 is 0. The van der Waals surface area contributed by atoms with E-state index in [9.17, 15) is 9.59 Å². The maximum absolute atomic E-state index is 12.8. The van der Waals surface area contributed by atoms with E-state index in [-0.39, 0.29) is 18.2 Å². The van der Waals surface area contributed by atoms with Crippen LogP contribution in [0.25, 0.3) is 10.9 Å². The Labute approximate surface area is 168 Å². The van der Waals surface area contributed by atoms with Gasteiger partial charge in [-0.25, -0.2) is 0 Å². The van der Waals surface area contributed by atoms with Crippen molar-refractivity contribution in [1.29, 1.82) is 0 Å². The number of carbonyl (C=O) groups excluding carboxylic acids is 2. The van der Waals surface area contributed by atoms with Crippen LogP contribution in [0.3, 0.4) is 0 Å². The molecule has 1 N–H and O–H groups in total. The molecule has 1 aliphatic rings. The highest BCUT2D eigenvalue weighted by Crippen LogP contribution is 2.34. The van der Waals surface area contributed by atoms with Crippen molar-refractivity contribution in [3.63, 3.8) is 0 Å². The zero-order chi connectivity index (χ0) is 20.4. The lowest BCUT2D eigenvalue weighted by Crippen LogP contribution is -2.28. The van der Waals surface area contributed by atoms with E-state index >= 15 is 0 Å². The van der Waals surface area contributed by atoms with Crippen LogP contribution in [-0.2, 0) is 9.59 Å². The molecule has 2 amide bonds. The van der Waals surface area contributed by atoms with Crippen molar-refractivity contribution in [2.24, 2.45) is 5.92 Å². The van der Waals surface area contributed by atoms with Gasteiger partial charge >= 0.3 is 0 Å². The highest BCUT2D eigenvalue weighted by atomic mass is 16.5. The third-order valence-electron chi connectivity index (χ3n) is 5.07. The van der Waals surface area contributed by atoms with Gasteiger partial charge in [-0.1, -0.05) is 18.2 Å². The molecule has 2 heterocycles. The normalized spacial score (nSPS) is 16.1. The maximum atomic E-state index is 12.8. The Morgan fingerprint density at radius 3 is 2.69 bits per heavy atom. The Hall–Kier alpha value is -3.61. The van der Waals surface area contributed by atoms with Gasteiger partial charge in [0.05, 0.1) is 31.3 Å². The fraction of sp³-hybridized carbons (Fsp3) is 0.227. The first-order chi connectivity index (χ1) is 14.1. The minimum atomic E-state index is -0.449. The number of pyridine rings is 1. The van der Waals surface area contributed by atoms with Crippen LogP contribution in [0.15, 0.2) is 54.7 Å². The summed E-state index contributed by atoms with van der Waals surface area (Å²) in [5.41, 5.74) is 2.05. The molecule has 148 valence electrons. The summed E-state index contributed by atoms with van der Waals surface area (Å²) in [6.07, 6.45) is 1.84. The lowest BCUT2D eigenvalue weighted by atomic mass is 10.1. The minimum absolute atomic E-state index is 0.103. The van der Waals surface area contributed by atoms with E-state index in [0.29, 0.717) is 29.4 Å². The number of anilines is 2.